The number of carboxylic acids is 1. The van der Waals surface area contributed by atoms with Crippen LogP contribution in [0.25, 0.3) is 11.3 Å². The molecule has 56 heavy (non-hydrogen) atoms. The SMILES string of the molecule is C=C(C)C1CCC2C3CCC4=CC(=O)CCC4(C)C3C(OCCOc3ccc(-c4noc(C)c4C(=O)NC4C(=O)N5C4SC(C)(C)C5C(=O)O)cc3Cl)CC12C. The quantitative estimate of drug-likeness (QED) is 0.139. The Morgan fingerprint density at radius 1 is 1.14 bits per heavy atom. The summed E-state index contributed by atoms with van der Waals surface area (Å²) in [5.74, 6) is 0.895. The fraction of sp³-hybridized carbons (Fsp3) is 0.605. The highest BCUT2D eigenvalue weighted by Gasteiger charge is 2.65. The summed E-state index contributed by atoms with van der Waals surface area (Å²) in [7, 11) is 0. The lowest BCUT2D eigenvalue weighted by Gasteiger charge is -2.60. The Labute approximate surface area is 337 Å². The molecule has 6 aliphatic rings. The van der Waals surface area contributed by atoms with Gasteiger partial charge >= 0.3 is 5.97 Å². The van der Waals surface area contributed by atoms with Crippen LogP contribution in [0.2, 0.25) is 5.02 Å². The Balaban J connectivity index is 0.942. The summed E-state index contributed by atoms with van der Waals surface area (Å²) >= 11 is 8.12. The third-order valence-corrected chi connectivity index (χ3v) is 16.3. The van der Waals surface area contributed by atoms with Crippen molar-refractivity contribution in [3.8, 4) is 17.0 Å². The number of benzene rings is 1. The van der Waals surface area contributed by atoms with E-state index in [1.54, 1.807) is 39.0 Å². The van der Waals surface area contributed by atoms with Crippen LogP contribution in [0.1, 0.15) is 95.7 Å². The highest BCUT2D eigenvalue weighted by molar-refractivity contribution is 8.01. The summed E-state index contributed by atoms with van der Waals surface area (Å²) in [6.07, 6.45) is 8.88. The van der Waals surface area contributed by atoms with Crippen molar-refractivity contribution in [2.75, 3.05) is 13.2 Å². The van der Waals surface area contributed by atoms with E-state index in [0.29, 0.717) is 53.0 Å². The molecule has 5 fully saturated rings. The van der Waals surface area contributed by atoms with Crippen LogP contribution >= 0.6 is 23.4 Å². The van der Waals surface area contributed by atoms with E-state index in [-0.39, 0.29) is 46.3 Å². The summed E-state index contributed by atoms with van der Waals surface area (Å²) < 4.78 is 17.8. The number of aliphatic carboxylic acids is 1. The van der Waals surface area contributed by atoms with E-state index >= 15 is 0 Å². The van der Waals surface area contributed by atoms with Crippen LogP contribution in [0.3, 0.4) is 0 Å². The van der Waals surface area contributed by atoms with Crippen molar-refractivity contribution in [3.63, 3.8) is 0 Å². The molecular weight excluding hydrogens is 754 g/mol. The summed E-state index contributed by atoms with van der Waals surface area (Å²) in [5, 5.41) is 16.5. The predicted molar refractivity (Wildman–Crippen MR) is 212 cm³/mol. The molecule has 8 rings (SSSR count). The Morgan fingerprint density at radius 2 is 1.91 bits per heavy atom. The average Bonchev–Trinajstić information content (AvgIpc) is 3.78. The molecule has 0 bridgehead atoms. The van der Waals surface area contributed by atoms with E-state index in [1.807, 2.05) is 6.08 Å². The van der Waals surface area contributed by atoms with Crippen molar-refractivity contribution in [1.29, 1.82) is 0 Å². The molecule has 4 aliphatic carbocycles. The summed E-state index contributed by atoms with van der Waals surface area (Å²) in [5.41, 5.74) is 3.61. The molecule has 11 nitrogen and oxygen atoms in total. The van der Waals surface area contributed by atoms with Crippen LogP contribution in [-0.2, 0) is 19.1 Å². The molecule has 2 N–H and O–H groups in total. The number of nitrogens with one attached hydrogen (secondary N) is 1. The number of fused-ring (bicyclic) bond motifs is 6. The fourth-order valence-corrected chi connectivity index (χ4v) is 13.8. The van der Waals surface area contributed by atoms with Gasteiger partial charge in [0.05, 0.1) is 17.7 Å². The lowest BCUT2D eigenvalue weighted by molar-refractivity contribution is -0.159. The zero-order valence-corrected chi connectivity index (χ0v) is 34.6. The molecule has 2 saturated heterocycles. The zero-order chi connectivity index (χ0) is 40.1. The number of ether oxygens (including phenoxy) is 2. The Hall–Kier alpha value is -3.61. The van der Waals surface area contributed by atoms with E-state index < -0.39 is 40.0 Å². The van der Waals surface area contributed by atoms with Crippen LogP contribution in [0, 0.1) is 41.4 Å². The summed E-state index contributed by atoms with van der Waals surface area (Å²) in [4.78, 5) is 52.5. The number of rotatable bonds is 10. The second-order valence-electron chi connectivity index (χ2n) is 18.0. The number of amides is 2. The molecule has 13 heteroatoms. The van der Waals surface area contributed by atoms with Crippen molar-refractivity contribution in [3.05, 3.63) is 58.3 Å². The number of halogens is 1. The van der Waals surface area contributed by atoms with Crippen LogP contribution in [0.15, 0.2) is 46.5 Å². The Kier molecular flexibility index (Phi) is 9.84. The predicted octanol–water partition coefficient (Wildman–Crippen LogP) is 7.65. The molecule has 2 aromatic rings. The highest BCUT2D eigenvalue weighted by atomic mass is 35.5. The number of carbonyl (C=O) groups is 4. The van der Waals surface area contributed by atoms with E-state index in [0.717, 1.165) is 25.7 Å². The van der Waals surface area contributed by atoms with Crippen LogP contribution in [0.4, 0.5) is 0 Å². The molecule has 2 aliphatic heterocycles. The average molecular weight is 806 g/mol. The Morgan fingerprint density at radius 3 is 2.62 bits per heavy atom. The number of allylic oxidation sites excluding steroid dienone is 2. The zero-order valence-electron chi connectivity index (χ0n) is 33.0. The van der Waals surface area contributed by atoms with Crippen molar-refractivity contribution >= 4 is 46.9 Å². The standard InChI is InChI=1S/C43H52ClN3O8S/c1-21(2)27-11-12-28-26-10-9-24-19-25(48)14-15-42(24,6)33(26)31(20-43(27,28)7)54-17-16-53-30-13-8-23(18-29(30)44)34-32(22(3)55-46-34)37(49)45-35-38(50)47-36(40(51)52)41(4,5)56-39(35)47/h8,13,18-19,26-28,31,33,35-36,39H,1,9-12,14-17,20H2,2-7H3,(H,45,49)(H,51,52). The molecule has 0 radical (unpaired) electrons. The third kappa shape index (κ3) is 6.15. The van der Waals surface area contributed by atoms with Gasteiger partial charge in [0, 0.05) is 16.7 Å². The molecule has 1 aromatic heterocycles. The van der Waals surface area contributed by atoms with Crippen LogP contribution in [0.5, 0.6) is 5.75 Å². The van der Waals surface area contributed by atoms with Gasteiger partial charge in [0.25, 0.3) is 5.91 Å². The number of carbonyl (C=O) groups excluding carboxylic acids is 3. The van der Waals surface area contributed by atoms with Gasteiger partial charge in [-0.25, -0.2) is 4.79 Å². The van der Waals surface area contributed by atoms with Gasteiger partial charge in [-0.2, -0.15) is 0 Å². The number of thioether (sulfide) groups is 1. The first-order valence-electron chi connectivity index (χ1n) is 19.9. The second-order valence-corrected chi connectivity index (χ2v) is 20.2. The maximum Gasteiger partial charge on any atom is 0.327 e. The number of aryl methyl sites for hydroxylation is 1. The van der Waals surface area contributed by atoms with Crippen molar-refractivity contribution in [1.82, 2.24) is 15.4 Å². The number of aromatic nitrogens is 1. The maximum atomic E-state index is 13.6. The van der Waals surface area contributed by atoms with Gasteiger partial charge in [0.2, 0.25) is 5.91 Å². The van der Waals surface area contributed by atoms with E-state index in [2.05, 4.69) is 37.8 Å². The van der Waals surface area contributed by atoms with Gasteiger partial charge in [-0.1, -0.05) is 48.3 Å². The topological polar surface area (TPSA) is 148 Å². The first-order valence-corrected chi connectivity index (χ1v) is 21.2. The maximum absolute atomic E-state index is 13.6. The minimum absolute atomic E-state index is 0.0279. The molecule has 2 amide bonds. The summed E-state index contributed by atoms with van der Waals surface area (Å²) in [6.45, 7) is 17.3. The molecule has 1 aromatic carbocycles. The molecule has 10 atom stereocenters. The monoisotopic (exact) mass is 805 g/mol. The Bertz CT molecular complexity index is 2050. The van der Waals surface area contributed by atoms with Crippen molar-refractivity contribution in [2.45, 2.75) is 115 Å². The second kappa shape index (κ2) is 14.0. The third-order valence-electron chi connectivity index (χ3n) is 14.4. The van der Waals surface area contributed by atoms with E-state index in [1.165, 1.54) is 40.6 Å². The van der Waals surface area contributed by atoms with Crippen LogP contribution in [-0.4, -0.2) is 80.3 Å². The first kappa shape index (κ1) is 39.2. The van der Waals surface area contributed by atoms with Gasteiger partial charge in [0.1, 0.15) is 46.8 Å². The molecule has 3 saturated carbocycles. The van der Waals surface area contributed by atoms with Gasteiger partial charge in [0.15, 0.2) is 5.78 Å². The molecule has 3 heterocycles. The summed E-state index contributed by atoms with van der Waals surface area (Å²) in [6, 6.07) is 3.30. The minimum Gasteiger partial charge on any atom is -0.490 e. The number of carboxylic acid groups (broad SMARTS) is 1. The number of hydrogen-bond donors (Lipinski definition) is 2. The van der Waals surface area contributed by atoms with Gasteiger partial charge in [-0.3, -0.25) is 14.4 Å². The number of ketones is 1. The first-order chi connectivity index (χ1) is 26.5. The fourth-order valence-electron chi connectivity index (χ4n) is 11.9. The van der Waals surface area contributed by atoms with Crippen molar-refractivity contribution in [2.24, 2.45) is 34.5 Å². The van der Waals surface area contributed by atoms with Gasteiger partial charge < -0.3 is 29.3 Å². The van der Waals surface area contributed by atoms with E-state index in [4.69, 9.17) is 25.6 Å². The molecule has 0 spiro atoms. The number of hydrogen-bond acceptors (Lipinski definition) is 9. The molecule has 300 valence electrons. The lowest BCUT2D eigenvalue weighted by Crippen LogP contribution is -2.70. The number of nitrogens with zero attached hydrogens (tertiary/aromatic N) is 2. The lowest BCUT2D eigenvalue weighted by atomic mass is 9.45. The van der Waals surface area contributed by atoms with E-state index in [9.17, 15) is 24.3 Å². The largest absolute Gasteiger partial charge is 0.490 e. The number of β-lactam (4-membered cyclic amide) rings is 1. The van der Waals surface area contributed by atoms with Gasteiger partial charge in [-0.05, 0) is 125 Å². The molecular formula is C43H52ClN3O8S. The normalized spacial score (nSPS) is 35.4. The van der Waals surface area contributed by atoms with Crippen LogP contribution < -0.4 is 10.1 Å². The van der Waals surface area contributed by atoms with Crippen molar-refractivity contribution < 1.29 is 38.3 Å². The minimum atomic E-state index is -1.07. The molecule has 10 unspecified atom stereocenters. The van der Waals surface area contributed by atoms with Gasteiger partial charge in [-0.15, -0.1) is 11.8 Å². The highest BCUT2D eigenvalue weighted by Crippen LogP contribution is 2.68. The smallest absolute Gasteiger partial charge is 0.327 e.